The van der Waals surface area contributed by atoms with Crippen LogP contribution in [0.3, 0.4) is 0 Å². The minimum absolute atomic E-state index is 0.171. The van der Waals surface area contributed by atoms with Crippen LogP contribution in [0.25, 0.3) is 0 Å². The topological polar surface area (TPSA) is 69.7 Å². The highest BCUT2D eigenvalue weighted by Crippen LogP contribution is 2.26. The zero-order valence-corrected chi connectivity index (χ0v) is 17.2. The molecule has 1 aromatic rings. The molecule has 2 saturated heterocycles. The van der Waals surface area contributed by atoms with Crippen LogP contribution in [0.15, 0.2) is 29.2 Å². The second-order valence-corrected chi connectivity index (χ2v) is 10.00. The minimum Gasteiger partial charge on any atom is -0.326 e. The number of anilines is 1. The van der Waals surface area contributed by atoms with E-state index in [0.717, 1.165) is 25.3 Å². The Hall–Kier alpha value is -1.44. The number of carbonyl (C=O) groups excluding carboxylic acids is 1. The molecule has 1 N–H and O–H groups in total. The number of hydrogen-bond donors (Lipinski definition) is 1. The normalized spacial score (nSPS) is 23.3. The average molecular weight is 394 g/mol. The van der Waals surface area contributed by atoms with Gasteiger partial charge < -0.3 is 10.2 Å². The number of amides is 1. The van der Waals surface area contributed by atoms with Crippen LogP contribution < -0.4 is 5.32 Å². The maximum absolute atomic E-state index is 12.9. The Morgan fingerprint density at radius 1 is 1.11 bits per heavy atom. The van der Waals surface area contributed by atoms with E-state index in [0.29, 0.717) is 29.6 Å². The van der Waals surface area contributed by atoms with Crippen LogP contribution in [-0.2, 0) is 14.8 Å². The number of hydrogen-bond acceptors (Lipinski definition) is 4. The lowest BCUT2D eigenvalue weighted by molar-refractivity contribution is -0.114. The molecule has 1 atom stereocenters. The standard InChI is InChI=1S/C20H31N3O3S/c1-16-4-3-11-22(14-16)15-18-9-12-23(13-10-18)27(25,26)20-7-5-19(6-8-20)21-17(2)24/h5-8,16,18H,3-4,9-15H2,1-2H3,(H,21,24). The average Bonchev–Trinajstić information content (AvgIpc) is 2.62. The summed E-state index contributed by atoms with van der Waals surface area (Å²) >= 11 is 0. The highest BCUT2D eigenvalue weighted by molar-refractivity contribution is 7.89. The lowest BCUT2D eigenvalue weighted by atomic mass is 9.94. The van der Waals surface area contributed by atoms with Crippen molar-refractivity contribution < 1.29 is 13.2 Å². The van der Waals surface area contributed by atoms with Crippen LogP contribution in [0.5, 0.6) is 0 Å². The van der Waals surface area contributed by atoms with E-state index in [4.69, 9.17) is 0 Å². The van der Waals surface area contributed by atoms with Crippen molar-refractivity contribution in [2.24, 2.45) is 11.8 Å². The first-order valence-electron chi connectivity index (χ1n) is 9.95. The summed E-state index contributed by atoms with van der Waals surface area (Å²) in [6, 6.07) is 6.42. The fourth-order valence-corrected chi connectivity index (χ4v) is 5.68. The summed E-state index contributed by atoms with van der Waals surface area (Å²) in [5, 5.41) is 2.66. The summed E-state index contributed by atoms with van der Waals surface area (Å²) in [4.78, 5) is 13.9. The molecule has 0 aromatic heterocycles. The third-order valence-electron chi connectivity index (χ3n) is 5.64. The summed E-state index contributed by atoms with van der Waals surface area (Å²) in [5.41, 5.74) is 0.607. The summed E-state index contributed by atoms with van der Waals surface area (Å²) in [6.45, 7) is 8.39. The van der Waals surface area contributed by atoms with Gasteiger partial charge in [0.15, 0.2) is 0 Å². The molecule has 2 heterocycles. The number of rotatable bonds is 5. The highest BCUT2D eigenvalue weighted by Gasteiger charge is 2.30. The van der Waals surface area contributed by atoms with Crippen molar-refractivity contribution in [2.45, 2.75) is 44.4 Å². The maximum atomic E-state index is 12.9. The second kappa shape index (κ2) is 8.71. The van der Waals surface area contributed by atoms with Crippen LogP contribution in [0.1, 0.15) is 39.5 Å². The SMILES string of the molecule is CC(=O)Nc1ccc(S(=O)(=O)N2CCC(CN3CCCC(C)C3)CC2)cc1. The smallest absolute Gasteiger partial charge is 0.243 e. The Morgan fingerprint density at radius 3 is 2.37 bits per heavy atom. The first kappa shape index (κ1) is 20.3. The molecular weight excluding hydrogens is 362 g/mol. The van der Waals surface area contributed by atoms with E-state index in [1.54, 1.807) is 28.6 Å². The van der Waals surface area contributed by atoms with Gasteiger partial charge in [-0.15, -0.1) is 0 Å². The van der Waals surface area contributed by atoms with Crippen molar-refractivity contribution in [1.82, 2.24) is 9.21 Å². The zero-order valence-electron chi connectivity index (χ0n) is 16.4. The number of sulfonamides is 1. The Bertz CT molecular complexity index is 740. The van der Waals surface area contributed by atoms with Crippen molar-refractivity contribution >= 4 is 21.6 Å². The van der Waals surface area contributed by atoms with Crippen LogP contribution >= 0.6 is 0 Å². The molecule has 1 aromatic carbocycles. The van der Waals surface area contributed by atoms with Gasteiger partial charge >= 0.3 is 0 Å². The van der Waals surface area contributed by atoms with Gasteiger partial charge in [0.1, 0.15) is 0 Å². The van der Waals surface area contributed by atoms with Crippen molar-refractivity contribution in [3.63, 3.8) is 0 Å². The molecule has 2 aliphatic rings. The van der Waals surface area contributed by atoms with Crippen molar-refractivity contribution in [1.29, 1.82) is 0 Å². The van der Waals surface area contributed by atoms with Gasteiger partial charge in [-0.05, 0) is 68.3 Å². The molecular formula is C20H31N3O3S. The molecule has 27 heavy (non-hydrogen) atoms. The molecule has 0 aliphatic carbocycles. The molecule has 0 radical (unpaired) electrons. The van der Waals surface area contributed by atoms with Crippen LogP contribution in [-0.4, -0.2) is 56.3 Å². The van der Waals surface area contributed by atoms with E-state index in [-0.39, 0.29) is 5.91 Å². The number of piperidine rings is 2. The highest BCUT2D eigenvalue weighted by atomic mass is 32.2. The van der Waals surface area contributed by atoms with Crippen LogP contribution in [0.2, 0.25) is 0 Å². The van der Waals surface area contributed by atoms with Crippen molar-refractivity contribution in [3.8, 4) is 0 Å². The number of nitrogens with zero attached hydrogens (tertiary/aromatic N) is 2. The van der Waals surface area contributed by atoms with E-state index in [9.17, 15) is 13.2 Å². The molecule has 2 aliphatic heterocycles. The van der Waals surface area contributed by atoms with Crippen molar-refractivity contribution in [2.75, 3.05) is 38.0 Å². The molecule has 150 valence electrons. The van der Waals surface area contributed by atoms with E-state index in [1.165, 1.54) is 32.9 Å². The lowest BCUT2D eigenvalue weighted by Crippen LogP contribution is -2.43. The fourth-order valence-electron chi connectivity index (χ4n) is 4.21. The monoisotopic (exact) mass is 393 g/mol. The fraction of sp³-hybridized carbons (Fsp3) is 0.650. The minimum atomic E-state index is -3.47. The van der Waals surface area contributed by atoms with E-state index in [1.807, 2.05) is 0 Å². The number of likely N-dealkylation sites (tertiary alicyclic amines) is 1. The number of carbonyl (C=O) groups is 1. The Morgan fingerprint density at radius 2 is 1.78 bits per heavy atom. The van der Waals surface area contributed by atoms with E-state index >= 15 is 0 Å². The van der Waals surface area contributed by atoms with Gasteiger partial charge in [-0.1, -0.05) is 6.92 Å². The Kier molecular flexibility index (Phi) is 6.55. The number of benzene rings is 1. The van der Waals surface area contributed by atoms with Crippen LogP contribution in [0, 0.1) is 11.8 Å². The number of nitrogens with one attached hydrogen (secondary N) is 1. The van der Waals surface area contributed by atoms with Gasteiger partial charge in [0, 0.05) is 38.8 Å². The molecule has 1 unspecified atom stereocenters. The van der Waals surface area contributed by atoms with E-state index in [2.05, 4.69) is 17.1 Å². The zero-order chi connectivity index (χ0) is 19.4. The molecule has 7 heteroatoms. The van der Waals surface area contributed by atoms with Crippen molar-refractivity contribution in [3.05, 3.63) is 24.3 Å². The van der Waals surface area contributed by atoms with Crippen LogP contribution in [0.4, 0.5) is 5.69 Å². The maximum Gasteiger partial charge on any atom is 0.243 e. The van der Waals surface area contributed by atoms with Gasteiger partial charge in [0.2, 0.25) is 15.9 Å². The molecule has 2 fully saturated rings. The quantitative estimate of drug-likeness (QED) is 0.835. The summed E-state index contributed by atoms with van der Waals surface area (Å²) in [5.74, 6) is 1.19. The third-order valence-corrected chi connectivity index (χ3v) is 7.56. The molecule has 1 amide bonds. The first-order chi connectivity index (χ1) is 12.8. The summed E-state index contributed by atoms with van der Waals surface area (Å²) in [7, 11) is -3.47. The predicted molar refractivity (Wildman–Crippen MR) is 107 cm³/mol. The lowest BCUT2D eigenvalue weighted by Gasteiger charge is -2.37. The predicted octanol–water partition coefficient (Wildman–Crippen LogP) is 2.78. The summed E-state index contributed by atoms with van der Waals surface area (Å²) in [6.07, 6.45) is 4.46. The van der Waals surface area contributed by atoms with Gasteiger partial charge in [0.25, 0.3) is 0 Å². The third kappa shape index (κ3) is 5.30. The summed E-state index contributed by atoms with van der Waals surface area (Å²) < 4.78 is 27.4. The molecule has 0 spiro atoms. The second-order valence-electron chi connectivity index (χ2n) is 8.06. The van der Waals surface area contributed by atoms with Gasteiger partial charge in [0.05, 0.1) is 4.90 Å². The molecule has 0 saturated carbocycles. The largest absolute Gasteiger partial charge is 0.326 e. The molecule has 3 rings (SSSR count). The first-order valence-corrected chi connectivity index (χ1v) is 11.4. The Balaban J connectivity index is 1.55. The van der Waals surface area contributed by atoms with E-state index < -0.39 is 10.0 Å². The van der Waals surface area contributed by atoms with Gasteiger partial charge in [-0.25, -0.2) is 8.42 Å². The van der Waals surface area contributed by atoms with Gasteiger partial charge in [-0.2, -0.15) is 4.31 Å². The molecule has 6 nitrogen and oxygen atoms in total. The molecule has 0 bridgehead atoms. The Labute approximate surface area is 163 Å². The van der Waals surface area contributed by atoms with Gasteiger partial charge in [-0.3, -0.25) is 4.79 Å².